The third-order valence-corrected chi connectivity index (χ3v) is 4.04. The highest BCUT2D eigenvalue weighted by atomic mass is 16.4. The van der Waals surface area contributed by atoms with Gasteiger partial charge >= 0.3 is 5.97 Å². The fourth-order valence-electron chi connectivity index (χ4n) is 2.47. The Hall–Kier alpha value is -0.830. The zero-order chi connectivity index (χ0) is 12.0. The lowest BCUT2D eigenvalue weighted by Crippen LogP contribution is -2.39. The molecule has 0 aromatic rings. The van der Waals surface area contributed by atoms with Gasteiger partial charge in [0.1, 0.15) is 0 Å². The zero-order valence-electron chi connectivity index (χ0n) is 10.4. The standard InChI is InChI=1S/C13H23NO2/c1-3-13(4-2)7-10-14(11-8-13)9-5-6-12(15)16/h5-6H,3-4,7-11H2,1-2H3,(H,15,16). The van der Waals surface area contributed by atoms with Crippen LogP contribution in [0.5, 0.6) is 0 Å². The zero-order valence-corrected chi connectivity index (χ0v) is 10.4. The van der Waals surface area contributed by atoms with Crippen LogP contribution in [0.2, 0.25) is 0 Å². The number of nitrogens with zero attached hydrogens (tertiary/aromatic N) is 1. The molecular weight excluding hydrogens is 202 g/mol. The minimum Gasteiger partial charge on any atom is -0.478 e. The number of carboxylic acids is 1. The Kier molecular flexibility index (Phi) is 5.00. The second-order valence-electron chi connectivity index (χ2n) is 4.75. The summed E-state index contributed by atoms with van der Waals surface area (Å²) in [6.45, 7) is 7.54. The van der Waals surface area contributed by atoms with Gasteiger partial charge in [-0.1, -0.05) is 32.8 Å². The Morgan fingerprint density at radius 2 is 1.88 bits per heavy atom. The normalized spacial score (nSPS) is 21.4. The first-order valence-electron chi connectivity index (χ1n) is 6.24. The van der Waals surface area contributed by atoms with Gasteiger partial charge in [-0.05, 0) is 31.3 Å². The van der Waals surface area contributed by atoms with Gasteiger partial charge in [-0.25, -0.2) is 4.79 Å². The predicted octanol–water partition coefficient (Wildman–Crippen LogP) is 2.53. The monoisotopic (exact) mass is 225 g/mol. The van der Waals surface area contributed by atoms with E-state index in [9.17, 15) is 4.79 Å². The van der Waals surface area contributed by atoms with Gasteiger partial charge in [0.05, 0.1) is 0 Å². The average molecular weight is 225 g/mol. The van der Waals surface area contributed by atoms with Crippen molar-refractivity contribution < 1.29 is 9.90 Å². The Bertz CT molecular complexity index is 247. The highest BCUT2D eigenvalue weighted by Gasteiger charge is 2.30. The van der Waals surface area contributed by atoms with E-state index in [1.807, 2.05) is 0 Å². The Balaban J connectivity index is 2.34. The van der Waals surface area contributed by atoms with Crippen LogP contribution in [0, 0.1) is 5.41 Å². The van der Waals surface area contributed by atoms with Crippen LogP contribution in [0.1, 0.15) is 39.5 Å². The van der Waals surface area contributed by atoms with Crippen molar-refractivity contribution in [3.05, 3.63) is 12.2 Å². The maximum absolute atomic E-state index is 10.3. The summed E-state index contributed by atoms with van der Waals surface area (Å²) < 4.78 is 0. The van der Waals surface area contributed by atoms with E-state index in [1.54, 1.807) is 6.08 Å². The quantitative estimate of drug-likeness (QED) is 0.731. The number of likely N-dealkylation sites (tertiary alicyclic amines) is 1. The van der Waals surface area contributed by atoms with E-state index in [2.05, 4.69) is 18.7 Å². The first kappa shape index (κ1) is 13.2. The molecule has 92 valence electrons. The van der Waals surface area contributed by atoms with Crippen molar-refractivity contribution in [2.75, 3.05) is 19.6 Å². The minimum atomic E-state index is -0.853. The van der Waals surface area contributed by atoms with Gasteiger partial charge in [-0.3, -0.25) is 4.90 Å². The molecule has 1 saturated heterocycles. The van der Waals surface area contributed by atoms with Gasteiger partial charge in [0.2, 0.25) is 0 Å². The van der Waals surface area contributed by atoms with Crippen molar-refractivity contribution >= 4 is 5.97 Å². The molecule has 16 heavy (non-hydrogen) atoms. The number of rotatable bonds is 5. The highest BCUT2D eigenvalue weighted by molar-refractivity contribution is 5.79. The average Bonchev–Trinajstić information content (AvgIpc) is 2.30. The molecule has 0 saturated carbocycles. The number of piperidine rings is 1. The van der Waals surface area contributed by atoms with Crippen molar-refractivity contribution in [3.8, 4) is 0 Å². The minimum absolute atomic E-state index is 0.549. The molecule has 1 rings (SSSR count). The second-order valence-corrected chi connectivity index (χ2v) is 4.75. The SMILES string of the molecule is CCC1(CC)CCN(CC=CC(=O)O)CC1. The molecule has 1 aliphatic rings. The van der Waals surface area contributed by atoms with Gasteiger partial charge in [0.25, 0.3) is 0 Å². The van der Waals surface area contributed by atoms with Gasteiger partial charge in [-0.2, -0.15) is 0 Å². The van der Waals surface area contributed by atoms with E-state index >= 15 is 0 Å². The van der Waals surface area contributed by atoms with Gasteiger partial charge in [0, 0.05) is 12.6 Å². The molecule has 3 nitrogen and oxygen atoms in total. The molecule has 0 aromatic heterocycles. The van der Waals surface area contributed by atoms with Crippen molar-refractivity contribution in [2.45, 2.75) is 39.5 Å². The van der Waals surface area contributed by atoms with E-state index in [1.165, 1.54) is 31.8 Å². The van der Waals surface area contributed by atoms with Crippen molar-refractivity contribution in [2.24, 2.45) is 5.41 Å². The van der Waals surface area contributed by atoms with Gasteiger partial charge in [0.15, 0.2) is 0 Å². The number of aliphatic carboxylic acids is 1. The van der Waals surface area contributed by atoms with Crippen molar-refractivity contribution in [1.82, 2.24) is 4.90 Å². The van der Waals surface area contributed by atoms with E-state index in [0.717, 1.165) is 19.6 Å². The number of carbonyl (C=O) groups is 1. The first-order chi connectivity index (χ1) is 7.62. The van der Waals surface area contributed by atoms with E-state index in [0.29, 0.717) is 5.41 Å². The van der Waals surface area contributed by atoms with E-state index in [-0.39, 0.29) is 0 Å². The lowest BCUT2D eigenvalue weighted by atomic mass is 9.74. The third kappa shape index (κ3) is 3.63. The summed E-state index contributed by atoms with van der Waals surface area (Å²) in [5.74, 6) is -0.853. The van der Waals surface area contributed by atoms with Crippen LogP contribution in [-0.2, 0) is 4.79 Å². The Morgan fingerprint density at radius 3 is 2.31 bits per heavy atom. The maximum atomic E-state index is 10.3. The van der Waals surface area contributed by atoms with Crippen LogP contribution in [0.4, 0.5) is 0 Å². The van der Waals surface area contributed by atoms with Crippen LogP contribution in [0.25, 0.3) is 0 Å². The lowest BCUT2D eigenvalue weighted by molar-refractivity contribution is -0.131. The number of hydrogen-bond donors (Lipinski definition) is 1. The Labute approximate surface area is 98.1 Å². The van der Waals surface area contributed by atoms with E-state index in [4.69, 9.17) is 5.11 Å². The van der Waals surface area contributed by atoms with E-state index < -0.39 is 5.97 Å². The molecule has 0 aromatic carbocycles. The fourth-order valence-corrected chi connectivity index (χ4v) is 2.47. The fraction of sp³-hybridized carbons (Fsp3) is 0.769. The summed E-state index contributed by atoms with van der Waals surface area (Å²) in [5.41, 5.74) is 0.549. The van der Waals surface area contributed by atoms with Crippen LogP contribution in [0.3, 0.4) is 0 Å². The molecule has 0 amide bonds. The van der Waals surface area contributed by atoms with Crippen LogP contribution in [-0.4, -0.2) is 35.6 Å². The van der Waals surface area contributed by atoms with Crippen LogP contribution in [0.15, 0.2) is 12.2 Å². The predicted molar refractivity (Wildman–Crippen MR) is 65.5 cm³/mol. The molecule has 0 radical (unpaired) electrons. The summed E-state index contributed by atoms with van der Waals surface area (Å²) in [6, 6.07) is 0. The largest absolute Gasteiger partial charge is 0.478 e. The van der Waals surface area contributed by atoms with Crippen molar-refractivity contribution in [1.29, 1.82) is 0 Å². The maximum Gasteiger partial charge on any atom is 0.328 e. The molecule has 0 aliphatic carbocycles. The summed E-state index contributed by atoms with van der Waals surface area (Å²) in [7, 11) is 0. The summed E-state index contributed by atoms with van der Waals surface area (Å²) in [5, 5.41) is 8.50. The molecule has 0 spiro atoms. The first-order valence-corrected chi connectivity index (χ1v) is 6.24. The smallest absolute Gasteiger partial charge is 0.328 e. The summed E-state index contributed by atoms with van der Waals surface area (Å²) in [6.07, 6.45) is 8.02. The van der Waals surface area contributed by atoms with Gasteiger partial charge in [-0.15, -0.1) is 0 Å². The molecule has 0 atom stereocenters. The van der Waals surface area contributed by atoms with Crippen LogP contribution >= 0.6 is 0 Å². The summed E-state index contributed by atoms with van der Waals surface area (Å²) in [4.78, 5) is 12.7. The molecule has 1 fully saturated rings. The lowest BCUT2D eigenvalue weighted by Gasteiger charge is -2.40. The third-order valence-electron chi connectivity index (χ3n) is 4.04. The molecule has 0 unspecified atom stereocenters. The van der Waals surface area contributed by atoms with Crippen LogP contribution < -0.4 is 0 Å². The number of hydrogen-bond acceptors (Lipinski definition) is 2. The topological polar surface area (TPSA) is 40.5 Å². The Morgan fingerprint density at radius 1 is 1.31 bits per heavy atom. The molecular formula is C13H23NO2. The molecule has 1 aliphatic heterocycles. The summed E-state index contributed by atoms with van der Waals surface area (Å²) >= 11 is 0. The second kappa shape index (κ2) is 6.04. The molecule has 0 bridgehead atoms. The molecule has 3 heteroatoms. The van der Waals surface area contributed by atoms with Gasteiger partial charge < -0.3 is 5.11 Å². The molecule has 1 heterocycles. The molecule has 1 N–H and O–H groups in total. The highest BCUT2D eigenvalue weighted by Crippen LogP contribution is 2.37. The van der Waals surface area contributed by atoms with Crippen molar-refractivity contribution in [3.63, 3.8) is 0 Å². The number of carboxylic acid groups (broad SMARTS) is 1.